The first-order valence-corrected chi connectivity index (χ1v) is 9.86. The van der Waals surface area contributed by atoms with Crippen molar-refractivity contribution in [2.45, 2.75) is 25.3 Å². The minimum absolute atomic E-state index is 0.0378. The van der Waals surface area contributed by atoms with Crippen LogP contribution in [0.4, 0.5) is 10.2 Å². The van der Waals surface area contributed by atoms with Crippen molar-refractivity contribution in [2.75, 3.05) is 18.4 Å². The summed E-state index contributed by atoms with van der Waals surface area (Å²) >= 11 is 0. The van der Waals surface area contributed by atoms with E-state index in [0.29, 0.717) is 35.7 Å². The number of halogens is 1. The fourth-order valence-electron chi connectivity index (χ4n) is 3.77. The number of hydrogen-bond donors (Lipinski definition) is 2. The van der Waals surface area contributed by atoms with E-state index >= 15 is 0 Å². The van der Waals surface area contributed by atoms with E-state index in [2.05, 4.69) is 26.6 Å². The average molecular weight is 404 g/mol. The molecule has 0 spiro atoms. The van der Waals surface area contributed by atoms with E-state index in [0.717, 1.165) is 24.8 Å². The zero-order valence-corrected chi connectivity index (χ0v) is 16.3. The molecular weight excluding hydrogens is 383 g/mol. The van der Waals surface area contributed by atoms with Crippen molar-refractivity contribution in [3.63, 3.8) is 0 Å². The molecule has 4 rings (SSSR count). The number of rotatable bonds is 5. The largest absolute Gasteiger partial charge is 0.367 e. The minimum Gasteiger partial charge on any atom is -0.367 e. The highest BCUT2D eigenvalue weighted by molar-refractivity contribution is 5.99. The summed E-state index contributed by atoms with van der Waals surface area (Å²) in [7, 11) is 0. The van der Waals surface area contributed by atoms with Crippen LogP contribution in [0.15, 0.2) is 48.8 Å². The van der Waals surface area contributed by atoms with E-state index in [1.165, 1.54) is 12.1 Å². The quantitative estimate of drug-likeness (QED) is 0.677. The Morgan fingerprint density at radius 2 is 2.13 bits per heavy atom. The van der Waals surface area contributed by atoms with Gasteiger partial charge < -0.3 is 10.2 Å². The number of nitrogens with zero attached hydrogens (tertiary/aromatic N) is 4. The number of aromatic amines is 1. The zero-order chi connectivity index (χ0) is 20.9. The number of carbonyl (C=O) groups is 1. The van der Waals surface area contributed by atoms with Gasteiger partial charge in [0.25, 0.3) is 5.91 Å². The van der Waals surface area contributed by atoms with E-state index in [9.17, 15) is 14.4 Å². The summed E-state index contributed by atoms with van der Waals surface area (Å²) in [4.78, 5) is 19.4. The van der Waals surface area contributed by atoms with Gasteiger partial charge in [0.1, 0.15) is 23.4 Å². The maximum Gasteiger partial charge on any atom is 0.272 e. The first-order chi connectivity index (χ1) is 14.7. The summed E-state index contributed by atoms with van der Waals surface area (Å²) in [5.41, 5.74) is 2.24. The number of nitriles is 1. The van der Waals surface area contributed by atoms with Crippen molar-refractivity contribution in [3.8, 4) is 17.2 Å². The van der Waals surface area contributed by atoms with Gasteiger partial charge in [-0.25, -0.2) is 9.37 Å². The van der Waals surface area contributed by atoms with Gasteiger partial charge in [-0.2, -0.15) is 10.4 Å². The SMILES string of the molecule is N#Cc1cccnc1NC[C@@H]1CCCCN1C(=O)c1[nH]ncc1-c1ccc(F)cc1. The highest BCUT2D eigenvalue weighted by Crippen LogP contribution is 2.26. The molecular formula is C22H21FN6O. The molecule has 0 radical (unpaired) electrons. The Hall–Kier alpha value is -3.73. The number of hydrogen-bond acceptors (Lipinski definition) is 5. The Morgan fingerprint density at radius 3 is 2.93 bits per heavy atom. The second-order valence-corrected chi connectivity index (χ2v) is 7.21. The predicted octanol–water partition coefficient (Wildman–Crippen LogP) is 3.59. The normalized spacial score (nSPS) is 16.1. The standard InChI is InChI=1S/C22H21FN6O/c23-17-8-6-15(7-9-17)19-14-27-28-20(19)22(30)29-11-2-1-5-18(29)13-26-21-16(12-24)4-3-10-25-21/h3-4,6-10,14,18H,1-2,5,11,13H2,(H,25,26)(H,27,28)/t18-/m0/s1. The molecule has 1 amide bonds. The van der Waals surface area contributed by atoms with Crippen LogP contribution in [0.1, 0.15) is 35.3 Å². The molecule has 1 saturated heterocycles. The van der Waals surface area contributed by atoms with E-state index in [4.69, 9.17) is 0 Å². The molecule has 1 aliphatic rings. The molecule has 2 N–H and O–H groups in total. The average Bonchev–Trinajstić information content (AvgIpc) is 3.28. The maximum atomic E-state index is 13.4. The van der Waals surface area contributed by atoms with E-state index < -0.39 is 0 Å². The van der Waals surface area contributed by atoms with Crippen molar-refractivity contribution in [1.82, 2.24) is 20.1 Å². The van der Waals surface area contributed by atoms with Gasteiger partial charge in [-0.15, -0.1) is 0 Å². The summed E-state index contributed by atoms with van der Waals surface area (Å²) in [6.45, 7) is 1.14. The fraction of sp³-hybridized carbons (Fsp3) is 0.273. The van der Waals surface area contributed by atoms with Crippen molar-refractivity contribution >= 4 is 11.7 Å². The van der Waals surface area contributed by atoms with Gasteiger partial charge in [0, 0.05) is 30.9 Å². The van der Waals surface area contributed by atoms with Gasteiger partial charge in [0.2, 0.25) is 0 Å². The van der Waals surface area contributed by atoms with Gasteiger partial charge in [0.05, 0.1) is 11.8 Å². The molecule has 2 aromatic heterocycles. The summed E-state index contributed by atoms with van der Waals surface area (Å²) in [5, 5.41) is 19.3. The third-order valence-corrected chi connectivity index (χ3v) is 5.33. The second kappa shape index (κ2) is 8.74. The lowest BCUT2D eigenvalue weighted by Crippen LogP contribution is -2.47. The summed E-state index contributed by atoms with van der Waals surface area (Å²) in [6.07, 6.45) is 6.03. The van der Waals surface area contributed by atoms with E-state index in [1.54, 1.807) is 36.7 Å². The molecule has 7 nitrogen and oxygen atoms in total. The molecule has 1 aromatic carbocycles. The Bertz CT molecular complexity index is 1070. The molecule has 0 bridgehead atoms. The Morgan fingerprint density at radius 1 is 1.30 bits per heavy atom. The first-order valence-electron chi connectivity index (χ1n) is 9.86. The van der Waals surface area contributed by atoms with Gasteiger partial charge >= 0.3 is 0 Å². The van der Waals surface area contributed by atoms with Crippen LogP contribution >= 0.6 is 0 Å². The Kier molecular flexibility index (Phi) is 5.70. The Labute approximate surface area is 173 Å². The molecule has 30 heavy (non-hydrogen) atoms. The molecule has 0 aliphatic carbocycles. The summed E-state index contributed by atoms with van der Waals surface area (Å²) < 4.78 is 13.3. The van der Waals surface area contributed by atoms with Crippen LogP contribution in [-0.2, 0) is 0 Å². The number of anilines is 1. The second-order valence-electron chi connectivity index (χ2n) is 7.21. The number of piperidine rings is 1. The van der Waals surface area contributed by atoms with Crippen LogP contribution in [0.5, 0.6) is 0 Å². The number of amides is 1. The monoisotopic (exact) mass is 404 g/mol. The van der Waals surface area contributed by atoms with Gasteiger partial charge in [-0.05, 0) is 49.1 Å². The molecule has 1 atom stereocenters. The third kappa shape index (κ3) is 4.01. The Balaban J connectivity index is 1.53. The highest BCUT2D eigenvalue weighted by atomic mass is 19.1. The molecule has 152 valence electrons. The maximum absolute atomic E-state index is 13.4. The number of H-pyrrole nitrogens is 1. The van der Waals surface area contributed by atoms with E-state index in [-0.39, 0.29) is 17.8 Å². The third-order valence-electron chi connectivity index (χ3n) is 5.33. The topological polar surface area (TPSA) is 97.7 Å². The summed E-state index contributed by atoms with van der Waals surface area (Å²) in [5.74, 6) is 0.0508. The van der Waals surface area contributed by atoms with Crippen LogP contribution in [0.3, 0.4) is 0 Å². The van der Waals surface area contributed by atoms with Crippen LogP contribution in [0.2, 0.25) is 0 Å². The zero-order valence-electron chi connectivity index (χ0n) is 16.3. The van der Waals surface area contributed by atoms with Crippen LogP contribution in [0.25, 0.3) is 11.1 Å². The highest BCUT2D eigenvalue weighted by Gasteiger charge is 2.30. The van der Waals surface area contributed by atoms with Crippen molar-refractivity contribution < 1.29 is 9.18 Å². The number of pyridine rings is 1. The molecule has 1 aliphatic heterocycles. The van der Waals surface area contributed by atoms with Crippen molar-refractivity contribution in [1.29, 1.82) is 5.26 Å². The predicted molar refractivity (Wildman–Crippen MR) is 110 cm³/mol. The van der Waals surface area contributed by atoms with Crippen LogP contribution in [-0.4, -0.2) is 45.1 Å². The van der Waals surface area contributed by atoms with Gasteiger partial charge in [0.15, 0.2) is 0 Å². The van der Waals surface area contributed by atoms with Crippen molar-refractivity contribution in [2.24, 2.45) is 0 Å². The number of benzene rings is 1. The number of aromatic nitrogens is 3. The molecule has 0 unspecified atom stereocenters. The van der Waals surface area contributed by atoms with Crippen LogP contribution in [0, 0.1) is 17.1 Å². The molecule has 0 saturated carbocycles. The van der Waals surface area contributed by atoms with Crippen LogP contribution < -0.4 is 5.32 Å². The fourth-order valence-corrected chi connectivity index (χ4v) is 3.77. The number of likely N-dealkylation sites (tertiary alicyclic amines) is 1. The van der Waals surface area contributed by atoms with Gasteiger partial charge in [-0.1, -0.05) is 12.1 Å². The number of nitrogens with one attached hydrogen (secondary N) is 2. The lowest BCUT2D eigenvalue weighted by Gasteiger charge is -2.36. The minimum atomic E-state index is -0.330. The van der Waals surface area contributed by atoms with E-state index in [1.807, 2.05) is 4.90 Å². The molecule has 1 fully saturated rings. The number of carbonyl (C=O) groups excluding carboxylic acids is 1. The summed E-state index contributed by atoms with van der Waals surface area (Å²) in [6, 6.07) is 11.5. The molecule has 3 heterocycles. The van der Waals surface area contributed by atoms with Gasteiger partial charge in [-0.3, -0.25) is 9.89 Å². The first kappa shape index (κ1) is 19.6. The molecule has 8 heteroatoms. The van der Waals surface area contributed by atoms with Crippen molar-refractivity contribution in [3.05, 3.63) is 65.9 Å². The molecule has 3 aromatic rings. The lowest BCUT2D eigenvalue weighted by molar-refractivity contribution is 0.0623. The smallest absolute Gasteiger partial charge is 0.272 e. The lowest BCUT2D eigenvalue weighted by atomic mass is 10.00.